The highest BCUT2D eigenvalue weighted by molar-refractivity contribution is 6.74. The van der Waals surface area contributed by atoms with Crippen molar-refractivity contribution < 1.29 is 27.9 Å². The fraction of sp³-hybridized carbons (Fsp3) is 0.500. The predicted octanol–water partition coefficient (Wildman–Crippen LogP) is 11.8. The summed E-state index contributed by atoms with van der Waals surface area (Å²) in [6, 6.07) is 13.8. The summed E-state index contributed by atoms with van der Waals surface area (Å²) in [6.45, 7) is 17.6. The van der Waals surface area contributed by atoms with Gasteiger partial charge in [-0.05, 0) is 100 Å². The standard InChI is InChI=1S/C52H60Cl2FN7O5Si/c1-51(2,3)66-50(65)61-26-31-22-40(61)46(31)62-39(38-23-32(67-68(9,10)52(4,5)6)27-60(38)48(63)28-16-17-28)24-35-44(30-18-19-37(57-25-30)49(64)59(7)8)58-45-34(47(35)62)21-29(13-12-20-56)41(43(45)55)33-14-11-15-36(53)42(33)54/h11,14-15,18-19,21,24-25,28,31-32,38,40,46H,12-13,16-17,22-23,26-27H2,1-10H3/t31-,32+,38-,40-,46+/m1/s1. The van der Waals surface area contributed by atoms with E-state index in [-0.39, 0.29) is 86.5 Å². The maximum atomic E-state index is 18.2. The molecule has 0 spiro atoms. The second-order valence-corrected chi connectivity index (χ2v) is 27.4. The van der Waals surface area contributed by atoms with Crippen molar-refractivity contribution in [2.24, 2.45) is 11.8 Å². The zero-order valence-electron chi connectivity index (χ0n) is 40.5. The smallest absolute Gasteiger partial charge is 0.410 e. The predicted molar refractivity (Wildman–Crippen MR) is 266 cm³/mol. The lowest BCUT2D eigenvalue weighted by molar-refractivity contribution is -0.133. The molecule has 2 saturated carbocycles. The molecule has 0 N–H and O–H groups in total. The molecule has 5 aliphatic rings. The molecule has 5 atom stereocenters. The van der Waals surface area contributed by atoms with Crippen LogP contribution in [0.25, 0.3) is 44.2 Å². The summed E-state index contributed by atoms with van der Waals surface area (Å²) in [7, 11) is 1.02. The summed E-state index contributed by atoms with van der Waals surface area (Å²) in [4.78, 5) is 56.7. The average molecular weight is 981 g/mol. The summed E-state index contributed by atoms with van der Waals surface area (Å²) in [6.07, 6.45) is 4.24. The average Bonchev–Trinajstić information content (AvgIpc) is 3.53. The van der Waals surface area contributed by atoms with Crippen LogP contribution in [-0.4, -0.2) is 100 Å². The fourth-order valence-corrected chi connectivity index (χ4v) is 12.0. The minimum Gasteiger partial charge on any atom is -0.444 e. The van der Waals surface area contributed by atoms with Crippen molar-refractivity contribution in [3.63, 3.8) is 0 Å². The van der Waals surface area contributed by atoms with Gasteiger partial charge in [-0.15, -0.1) is 0 Å². The van der Waals surface area contributed by atoms with Crippen LogP contribution in [0.3, 0.4) is 0 Å². The Morgan fingerprint density at radius 2 is 1.72 bits per heavy atom. The van der Waals surface area contributed by atoms with Crippen LogP contribution in [0.4, 0.5) is 9.18 Å². The second-order valence-electron chi connectivity index (χ2n) is 21.9. The quantitative estimate of drug-likeness (QED) is 0.126. The van der Waals surface area contributed by atoms with Crippen LogP contribution >= 0.6 is 23.2 Å². The van der Waals surface area contributed by atoms with Crippen LogP contribution in [0.1, 0.15) is 107 Å². The molecule has 0 unspecified atom stereocenters. The number of pyridine rings is 2. The van der Waals surface area contributed by atoms with Gasteiger partial charge in [0.25, 0.3) is 5.91 Å². The largest absolute Gasteiger partial charge is 0.444 e. The van der Waals surface area contributed by atoms with Crippen molar-refractivity contribution in [2.45, 2.75) is 128 Å². The molecule has 16 heteroatoms. The van der Waals surface area contributed by atoms with Gasteiger partial charge in [0.1, 0.15) is 16.8 Å². The van der Waals surface area contributed by atoms with Gasteiger partial charge in [0.2, 0.25) is 5.91 Å². The molecule has 0 radical (unpaired) electrons. The normalized spacial score (nSPS) is 21.6. The molecule has 5 fully saturated rings. The number of rotatable bonds is 10. The number of carbonyl (C=O) groups excluding carboxylic acids is 3. The molecule has 358 valence electrons. The molecule has 2 aromatic carbocycles. The highest BCUT2D eigenvalue weighted by Gasteiger charge is 2.57. The Labute approximate surface area is 408 Å². The van der Waals surface area contributed by atoms with Gasteiger partial charge in [0.05, 0.1) is 51.6 Å². The second kappa shape index (κ2) is 17.4. The van der Waals surface area contributed by atoms with Crippen LogP contribution in [0, 0.1) is 29.0 Å². The number of halogens is 3. The van der Waals surface area contributed by atoms with E-state index in [0.29, 0.717) is 58.2 Å². The maximum Gasteiger partial charge on any atom is 0.410 e. The molecule has 3 saturated heterocycles. The van der Waals surface area contributed by atoms with Crippen molar-refractivity contribution in [2.75, 3.05) is 27.2 Å². The number of fused-ring (bicyclic) bond motifs is 4. The Morgan fingerprint density at radius 3 is 2.35 bits per heavy atom. The van der Waals surface area contributed by atoms with E-state index in [0.717, 1.165) is 25.0 Å². The Hall–Kier alpha value is -5.07. The van der Waals surface area contributed by atoms with E-state index in [9.17, 15) is 19.6 Å². The Morgan fingerprint density at radius 1 is 0.985 bits per heavy atom. The van der Waals surface area contributed by atoms with Gasteiger partial charge in [-0.2, -0.15) is 5.26 Å². The third kappa shape index (κ3) is 8.45. The first-order valence-corrected chi connectivity index (χ1v) is 27.3. The molecule has 6 heterocycles. The van der Waals surface area contributed by atoms with Crippen LogP contribution in [0.2, 0.25) is 28.2 Å². The summed E-state index contributed by atoms with van der Waals surface area (Å²) >= 11 is 13.4. The van der Waals surface area contributed by atoms with Gasteiger partial charge in [-0.3, -0.25) is 14.6 Å². The van der Waals surface area contributed by atoms with Gasteiger partial charge in [-0.25, -0.2) is 14.2 Å². The first kappa shape index (κ1) is 48.0. The molecular weight excluding hydrogens is 921 g/mol. The number of likely N-dealkylation sites (tertiary alicyclic amines) is 1. The van der Waals surface area contributed by atoms with Crippen LogP contribution in [0.15, 0.2) is 48.7 Å². The zero-order valence-corrected chi connectivity index (χ0v) is 43.1. The molecule has 3 aliphatic heterocycles. The Kier molecular flexibility index (Phi) is 12.3. The van der Waals surface area contributed by atoms with E-state index in [4.69, 9.17) is 37.3 Å². The molecule has 2 aliphatic carbocycles. The Bertz CT molecular complexity index is 2920. The van der Waals surface area contributed by atoms with Crippen molar-refractivity contribution in [1.82, 2.24) is 29.2 Å². The number of hydrogen-bond acceptors (Lipinski definition) is 8. The highest BCUT2D eigenvalue weighted by atomic mass is 35.5. The number of carbonyl (C=O) groups is 3. The maximum absolute atomic E-state index is 18.2. The monoisotopic (exact) mass is 979 g/mol. The molecule has 12 nitrogen and oxygen atoms in total. The topological polar surface area (TPSA) is 134 Å². The summed E-state index contributed by atoms with van der Waals surface area (Å²) in [5.41, 5.74) is 3.23. The lowest BCUT2D eigenvalue weighted by atomic mass is 9.79. The number of nitrogens with zero attached hydrogens (tertiary/aromatic N) is 7. The summed E-state index contributed by atoms with van der Waals surface area (Å²) < 4.78 is 33.6. The van der Waals surface area contributed by atoms with E-state index in [1.807, 2.05) is 36.6 Å². The summed E-state index contributed by atoms with van der Waals surface area (Å²) in [5, 5.41) is 11.5. The van der Waals surface area contributed by atoms with Crippen LogP contribution in [-0.2, 0) is 20.4 Å². The van der Waals surface area contributed by atoms with Gasteiger partial charge >= 0.3 is 6.09 Å². The number of amides is 3. The fourth-order valence-electron chi connectivity index (χ4n) is 10.3. The molecule has 2 bridgehead atoms. The minimum absolute atomic E-state index is 0.0206. The van der Waals surface area contributed by atoms with E-state index >= 15 is 4.39 Å². The van der Waals surface area contributed by atoms with Crippen molar-refractivity contribution in [1.29, 1.82) is 5.26 Å². The number of benzene rings is 2. The third-order valence-corrected chi connectivity index (χ3v) is 20.1. The number of hydrogen-bond donors (Lipinski definition) is 0. The van der Waals surface area contributed by atoms with Gasteiger partial charge in [-0.1, -0.05) is 56.1 Å². The molecule has 68 heavy (non-hydrogen) atoms. The number of ether oxygens (including phenoxy) is 1. The number of nitriles is 1. The zero-order chi connectivity index (χ0) is 48.9. The molecule has 10 rings (SSSR count). The van der Waals surface area contributed by atoms with Gasteiger partial charge < -0.3 is 28.4 Å². The Balaban J connectivity index is 1.35. The van der Waals surface area contributed by atoms with E-state index in [1.165, 1.54) is 4.90 Å². The SMILES string of the molecule is CN(C)C(=O)c1ccc(-c2nc3c(F)c(-c4cccc(Cl)c4Cl)c(CCC#N)cc3c3c2cc([C@H]2C[C@H](O[Si](C)(C)C(C)(C)C)CN2C(=O)C2CC2)n3[C@H]2[C@@H]3C[C@H]2N(C(=O)OC(C)(C)C)C3)cn1. The lowest BCUT2D eigenvalue weighted by Gasteiger charge is -2.40. The summed E-state index contributed by atoms with van der Waals surface area (Å²) in [5.74, 6) is -0.850. The van der Waals surface area contributed by atoms with Gasteiger partial charge in [0.15, 0.2) is 14.1 Å². The third-order valence-electron chi connectivity index (χ3n) is 14.8. The van der Waals surface area contributed by atoms with Crippen molar-refractivity contribution in [3.05, 3.63) is 81.5 Å². The van der Waals surface area contributed by atoms with Crippen LogP contribution in [0.5, 0.6) is 0 Å². The first-order valence-electron chi connectivity index (χ1n) is 23.7. The van der Waals surface area contributed by atoms with Crippen molar-refractivity contribution in [3.8, 4) is 28.5 Å². The highest BCUT2D eigenvalue weighted by Crippen LogP contribution is 2.55. The van der Waals surface area contributed by atoms with Crippen LogP contribution < -0.4 is 0 Å². The lowest BCUT2D eigenvalue weighted by Crippen LogP contribution is -2.45. The minimum atomic E-state index is -2.30. The number of aryl methyl sites for hydroxylation is 1. The molecule has 5 aromatic rings. The van der Waals surface area contributed by atoms with E-state index in [1.54, 1.807) is 50.6 Å². The molecule has 3 amide bonds. The number of aromatic nitrogens is 3. The molecular formula is C52H60Cl2FN7O5Si. The van der Waals surface area contributed by atoms with E-state index in [2.05, 4.69) is 55.6 Å². The van der Waals surface area contributed by atoms with Gasteiger partial charge in [0, 0.05) is 91.2 Å². The van der Waals surface area contributed by atoms with Crippen molar-refractivity contribution >= 4 is 71.2 Å². The molecule has 3 aromatic heterocycles. The first-order chi connectivity index (χ1) is 32.0. The van der Waals surface area contributed by atoms with E-state index < -0.39 is 31.9 Å².